The zero-order valence-corrected chi connectivity index (χ0v) is 34.1. The molecule has 0 amide bonds. The van der Waals surface area contributed by atoms with Gasteiger partial charge in [0.25, 0.3) is 10.1 Å². The van der Waals surface area contributed by atoms with Gasteiger partial charge in [-0.1, -0.05) is 53.2 Å². The van der Waals surface area contributed by atoms with Gasteiger partial charge in [0, 0.05) is 73.2 Å². The van der Waals surface area contributed by atoms with E-state index in [4.69, 9.17) is 18.7 Å². The van der Waals surface area contributed by atoms with Crippen molar-refractivity contribution in [3.63, 3.8) is 0 Å². The molecule has 13 nitrogen and oxygen atoms in total. The highest BCUT2D eigenvalue weighted by molar-refractivity contribution is 7.85. The Kier molecular flexibility index (Phi) is 13.2. The first-order valence-corrected chi connectivity index (χ1v) is 20.1. The van der Waals surface area contributed by atoms with Crippen LogP contribution in [-0.2, 0) is 35.2 Å². The molecule has 0 spiro atoms. The molecule has 3 aliphatic rings. The second kappa shape index (κ2) is 17.5. The lowest BCUT2D eigenvalue weighted by atomic mass is 9.83. The monoisotopic (exact) mass is 792 g/mol. The summed E-state index contributed by atoms with van der Waals surface area (Å²) >= 11 is 0. The quantitative estimate of drug-likeness (QED) is 0.0681. The van der Waals surface area contributed by atoms with E-state index in [9.17, 15) is 28.0 Å². The van der Waals surface area contributed by atoms with E-state index in [2.05, 4.69) is 60.6 Å². The standard InChI is InChI=1S/C42H53N3O10S/c1-41(2,3)37-26-29(32-17-15-30(27-35(32)54-37)43(22-24-52-6)23-25-53-7)12-11-13-36-42(4,5)33-28-31(56(49,50)51)16-18-34(33)44(36)21-10-8-9-14-40(48)55-45-38(46)19-20-39(45)47/h11-13,15-20,26-28H,8-10,14,21-25H2,1-7H3,(H2-,46,47,49,50,51)/p+1. The fourth-order valence-electron chi connectivity index (χ4n) is 6.84. The molecule has 56 heavy (non-hydrogen) atoms. The molecular formula is C42H54N3O10S+. The highest BCUT2D eigenvalue weighted by Gasteiger charge is 2.40. The van der Waals surface area contributed by atoms with Gasteiger partial charge in [0.2, 0.25) is 17.1 Å². The number of methoxy groups -OCH3 is 2. The van der Waals surface area contributed by atoms with Gasteiger partial charge >= 0.3 is 5.97 Å². The number of nitrogens with zero attached hydrogens (tertiary/aromatic N) is 3. The van der Waals surface area contributed by atoms with Crippen LogP contribution in [0.3, 0.4) is 0 Å². The van der Waals surface area contributed by atoms with Crippen molar-refractivity contribution >= 4 is 27.9 Å². The van der Waals surface area contributed by atoms with Crippen molar-refractivity contribution in [1.29, 1.82) is 0 Å². The Morgan fingerprint density at radius 1 is 0.929 bits per heavy atom. The smallest absolute Gasteiger partial charge is 0.333 e. The van der Waals surface area contributed by atoms with Crippen LogP contribution in [0.2, 0.25) is 0 Å². The molecule has 2 aliphatic heterocycles. The first-order valence-electron chi connectivity index (χ1n) is 18.7. The number of fused-ring (bicyclic) bond motifs is 2. The second-order valence-electron chi connectivity index (χ2n) is 15.4. The number of aromatic nitrogens is 1. The Balaban J connectivity index is 1.46. The molecule has 1 aliphatic carbocycles. The lowest BCUT2D eigenvalue weighted by Gasteiger charge is -2.27. The molecule has 0 radical (unpaired) electrons. The fraction of sp³-hybridized carbons (Fsp3) is 0.429. The summed E-state index contributed by atoms with van der Waals surface area (Å²) in [5.41, 5.74) is 3.55. The molecule has 2 aromatic rings. The number of rotatable bonds is 16. The first-order chi connectivity index (χ1) is 26.4. The highest BCUT2D eigenvalue weighted by Crippen LogP contribution is 2.48. The molecule has 0 fully saturated rings. The largest absolute Gasteiger partial charge is 0.492 e. The summed E-state index contributed by atoms with van der Waals surface area (Å²) in [6.45, 7) is 13.5. The van der Waals surface area contributed by atoms with Crippen molar-refractivity contribution in [3.05, 3.63) is 94.7 Å². The predicted octanol–water partition coefficient (Wildman–Crippen LogP) is 6.12. The molecule has 302 valence electrons. The molecule has 14 heteroatoms. The topological polar surface area (TPSA) is 164 Å². The molecule has 0 bridgehead atoms. The number of anilines is 1. The van der Waals surface area contributed by atoms with Gasteiger partial charge in [-0.3, -0.25) is 4.55 Å². The highest BCUT2D eigenvalue weighted by atomic mass is 32.2. The SMILES string of the molecule is COCC[N+](CCOC)=c1ccc2c(C=CC=C3N(CCCCCC(=O)On4c(O)ccc4O)c4ccc(S(=O)(=O)O)cc4C3(C)C)cc(C(C)(C)C)oc-2c1. The van der Waals surface area contributed by atoms with Crippen LogP contribution in [0.1, 0.15) is 77.2 Å². The van der Waals surface area contributed by atoms with Gasteiger partial charge < -0.3 is 33.8 Å². The molecule has 0 saturated heterocycles. The number of hydrogen-bond donors (Lipinski definition) is 3. The molecule has 3 heterocycles. The third kappa shape index (κ3) is 9.73. The number of ether oxygens (including phenoxy) is 2. The van der Waals surface area contributed by atoms with Crippen LogP contribution in [0.15, 0.2) is 81.8 Å². The summed E-state index contributed by atoms with van der Waals surface area (Å²) in [6.07, 6.45) is 8.04. The Bertz CT molecular complexity index is 2210. The maximum atomic E-state index is 12.4. The zero-order chi connectivity index (χ0) is 40.8. The summed E-state index contributed by atoms with van der Waals surface area (Å²) in [7, 11) is -1.06. The maximum absolute atomic E-state index is 12.4. The minimum atomic E-state index is -4.43. The van der Waals surface area contributed by atoms with Gasteiger partial charge in [-0.2, -0.15) is 8.42 Å². The average molecular weight is 793 g/mol. The van der Waals surface area contributed by atoms with Crippen molar-refractivity contribution in [2.45, 2.75) is 76.0 Å². The normalized spacial score (nSPS) is 14.9. The van der Waals surface area contributed by atoms with E-state index >= 15 is 0 Å². The van der Waals surface area contributed by atoms with E-state index in [-0.39, 0.29) is 28.5 Å². The predicted molar refractivity (Wildman–Crippen MR) is 214 cm³/mol. The Morgan fingerprint density at radius 3 is 2.23 bits per heavy atom. The van der Waals surface area contributed by atoms with Gasteiger partial charge in [-0.05, 0) is 60.4 Å². The number of benzene rings is 2. The lowest BCUT2D eigenvalue weighted by Crippen LogP contribution is -2.35. The third-order valence-corrected chi connectivity index (χ3v) is 10.8. The van der Waals surface area contributed by atoms with Gasteiger partial charge in [-0.15, -0.1) is 4.73 Å². The minimum Gasteiger partial charge on any atom is -0.492 e. The van der Waals surface area contributed by atoms with Crippen molar-refractivity contribution < 1.29 is 46.7 Å². The van der Waals surface area contributed by atoms with E-state index in [0.717, 1.165) is 45.0 Å². The molecular weight excluding hydrogens is 739 g/mol. The summed E-state index contributed by atoms with van der Waals surface area (Å²) in [4.78, 5) is 19.4. The van der Waals surface area contributed by atoms with Gasteiger partial charge in [0.1, 0.15) is 24.7 Å². The van der Waals surface area contributed by atoms with Gasteiger partial charge in [0.05, 0.1) is 11.0 Å². The summed E-state index contributed by atoms with van der Waals surface area (Å²) in [6, 6.07) is 15.4. The van der Waals surface area contributed by atoms with Gasteiger partial charge in [0.15, 0.2) is 13.1 Å². The summed E-state index contributed by atoms with van der Waals surface area (Å²) in [5, 5.41) is 20.5. The van der Waals surface area contributed by atoms with Gasteiger partial charge in [-0.25, -0.2) is 9.37 Å². The van der Waals surface area contributed by atoms with Crippen molar-refractivity contribution in [2.24, 2.45) is 0 Å². The minimum absolute atomic E-state index is 0.0794. The van der Waals surface area contributed by atoms with Crippen LogP contribution in [0.5, 0.6) is 11.8 Å². The zero-order valence-electron chi connectivity index (χ0n) is 33.2. The number of carbonyl (C=O) groups is 1. The Labute approximate surface area is 328 Å². The Hall–Kier alpha value is -4.89. The number of allylic oxidation sites excluding steroid dienone is 3. The molecule has 0 saturated carbocycles. The molecule has 0 atom stereocenters. The number of carbonyl (C=O) groups excluding carboxylic acids is 1. The van der Waals surface area contributed by atoms with E-state index < -0.39 is 21.5 Å². The fourth-order valence-corrected chi connectivity index (χ4v) is 7.34. The van der Waals surface area contributed by atoms with Crippen molar-refractivity contribution in [3.8, 4) is 23.1 Å². The molecule has 3 N–H and O–H groups in total. The summed E-state index contributed by atoms with van der Waals surface area (Å²) < 4.78 is 54.3. The number of unbranched alkanes of at least 4 members (excludes halogenated alkanes) is 2. The van der Waals surface area contributed by atoms with E-state index in [1.165, 1.54) is 24.3 Å². The maximum Gasteiger partial charge on any atom is 0.333 e. The van der Waals surface area contributed by atoms with E-state index in [0.29, 0.717) is 56.8 Å². The van der Waals surface area contributed by atoms with Crippen LogP contribution in [0.4, 0.5) is 5.69 Å². The lowest BCUT2D eigenvalue weighted by molar-refractivity contribution is -0.145. The van der Waals surface area contributed by atoms with Crippen LogP contribution >= 0.6 is 0 Å². The van der Waals surface area contributed by atoms with Crippen LogP contribution in [-0.4, -0.2) is 81.0 Å². The van der Waals surface area contributed by atoms with Crippen LogP contribution in [0, 0.1) is 0 Å². The second-order valence-corrected chi connectivity index (χ2v) is 16.9. The van der Waals surface area contributed by atoms with Crippen molar-refractivity contribution in [1.82, 2.24) is 9.31 Å². The molecule has 5 rings (SSSR count). The van der Waals surface area contributed by atoms with E-state index in [1.54, 1.807) is 20.3 Å². The first kappa shape index (κ1) is 42.3. The van der Waals surface area contributed by atoms with Crippen LogP contribution in [0.25, 0.3) is 17.4 Å². The molecule has 1 aromatic heterocycles. The average Bonchev–Trinajstić information content (AvgIpc) is 3.56. The van der Waals surface area contributed by atoms with Crippen LogP contribution < -0.4 is 19.7 Å². The van der Waals surface area contributed by atoms with Crippen molar-refractivity contribution in [2.75, 3.05) is 52.0 Å². The molecule has 0 unspecified atom stereocenters. The summed E-state index contributed by atoms with van der Waals surface area (Å²) in [5.74, 6) is 0.225. The number of aromatic hydroxyl groups is 2. The van der Waals surface area contributed by atoms with E-state index in [1.807, 2.05) is 26.0 Å². The number of hydrogen-bond acceptors (Lipinski definition) is 10. The molecule has 1 aromatic carbocycles. The Morgan fingerprint density at radius 2 is 1.61 bits per heavy atom. The third-order valence-electron chi connectivity index (χ3n) is 9.96.